The molecule has 7 heteroatoms. The van der Waals surface area contributed by atoms with Crippen LogP contribution in [0.4, 0.5) is 8.78 Å². The van der Waals surface area contributed by atoms with E-state index in [2.05, 4.69) is 10.3 Å². The lowest BCUT2D eigenvalue weighted by atomic mass is 10.1. The number of halogens is 2. The fourth-order valence-corrected chi connectivity index (χ4v) is 3.93. The van der Waals surface area contributed by atoms with Crippen LogP contribution in [0, 0.1) is 18.6 Å². The SMILES string of the molecule is Cc1cccc(COc2ccc(-c3nc(C(=O)NCc4ccc(F)cc4)cs3)c(F)c2)c1. The van der Waals surface area contributed by atoms with Crippen molar-refractivity contribution in [2.75, 3.05) is 0 Å². The van der Waals surface area contributed by atoms with Gasteiger partial charge in [0.25, 0.3) is 5.91 Å². The second-order valence-corrected chi connectivity index (χ2v) is 8.12. The molecule has 162 valence electrons. The van der Waals surface area contributed by atoms with Gasteiger partial charge in [-0.15, -0.1) is 11.3 Å². The Labute approximate surface area is 188 Å². The highest BCUT2D eigenvalue weighted by atomic mass is 32.1. The number of aryl methyl sites for hydroxylation is 1. The van der Waals surface area contributed by atoms with Crippen molar-refractivity contribution in [1.29, 1.82) is 0 Å². The van der Waals surface area contributed by atoms with Crippen LogP contribution in [-0.2, 0) is 13.2 Å². The fourth-order valence-electron chi connectivity index (χ4n) is 3.10. The Balaban J connectivity index is 1.39. The molecule has 0 aliphatic rings. The van der Waals surface area contributed by atoms with Crippen LogP contribution in [0.15, 0.2) is 72.1 Å². The Bertz CT molecular complexity index is 1240. The summed E-state index contributed by atoms with van der Waals surface area (Å²) in [7, 11) is 0. The maximum absolute atomic E-state index is 14.7. The molecule has 0 aliphatic carbocycles. The Hall–Kier alpha value is -3.58. The molecular weight excluding hydrogens is 430 g/mol. The highest BCUT2D eigenvalue weighted by molar-refractivity contribution is 7.13. The maximum Gasteiger partial charge on any atom is 0.271 e. The van der Waals surface area contributed by atoms with E-state index in [0.717, 1.165) is 16.7 Å². The summed E-state index contributed by atoms with van der Waals surface area (Å²) in [4.78, 5) is 16.6. The first kappa shape index (κ1) is 21.6. The second kappa shape index (κ2) is 9.70. The summed E-state index contributed by atoms with van der Waals surface area (Å²) >= 11 is 1.18. The molecule has 0 atom stereocenters. The van der Waals surface area contributed by atoms with Crippen molar-refractivity contribution in [3.63, 3.8) is 0 Å². The third kappa shape index (κ3) is 5.36. The van der Waals surface area contributed by atoms with Crippen LogP contribution in [0.5, 0.6) is 5.75 Å². The van der Waals surface area contributed by atoms with Gasteiger partial charge in [0, 0.05) is 23.6 Å². The maximum atomic E-state index is 14.7. The van der Waals surface area contributed by atoms with Crippen molar-refractivity contribution in [2.45, 2.75) is 20.1 Å². The van der Waals surface area contributed by atoms with Crippen molar-refractivity contribution >= 4 is 17.2 Å². The van der Waals surface area contributed by atoms with E-state index in [-0.39, 0.29) is 24.0 Å². The molecule has 4 aromatic rings. The Kier molecular flexibility index (Phi) is 6.56. The molecule has 0 radical (unpaired) electrons. The number of carbonyl (C=O) groups is 1. The summed E-state index contributed by atoms with van der Waals surface area (Å²) in [5.41, 5.74) is 3.41. The number of nitrogens with one attached hydrogen (secondary N) is 1. The third-order valence-corrected chi connectivity index (χ3v) is 5.64. The van der Waals surface area contributed by atoms with Crippen LogP contribution >= 0.6 is 11.3 Å². The predicted octanol–water partition coefficient (Wildman–Crippen LogP) is 5.91. The minimum atomic E-state index is -0.473. The second-order valence-electron chi connectivity index (χ2n) is 7.27. The topological polar surface area (TPSA) is 51.2 Å². The van der Waals surface area contributed by atoms with Gasteiger partial charge in [-0.2, -0.15) is 0 Å². The van der Waals surface area contributed by atoms with Crippen LogP contribution in [-0.4, -0.2) is 10.9 Å². The van der Waals surface area contributed by atoms with Crippen molar-refractivity contribution in [2.24, 2.45) is 0 Å². The van der Waals surface area contributed by atoms with E-state index < -0.39 is 5.82 Å². The number of hydrogen-bond donors (Lipinski definition) is 1. The Morgan fingerprint density at radius 1 is 1.03 bits per heavy atom. The molecule has 32 heavy (non-hydrogen) atoms. The minimum Gasteiger partial charge on any atom is -0.489 e. The number of amides is 1. The lowest BCUT2D eigenvalue weighted by Crippen LogP contribution is -2.23. The van der Waals surface area contributed by atoms with Gasteiger partial charge in [0.1, 0.15) is 34.7 Å². The molecule has 4 nitrogen and oxygen atoms in total. The smallest absolute Gasteiger partial charge is 0.271 e. The van der Waals surface area contributed by atoms with E-state index in [4.69, 9.17) is 4.74 Å². The van der Waals surface area contributed by atoms with Crippen LogP contribution in [0.25, 0.3) is 10.6 Å². The normalized spacial score (nSPS) is 10.7. The highest BCUT2D eigenvalue weighted by Gasteiger charge is 2.15. The molecule has 0 aliphatic heterocycles. The van der Waals surface area contributed by atoms with Crippen LogP contribution in [0.3, 0.4) is 0 Å². The molecule has 0 saturated carbocycles. The van der Waals surface area contributed by atoms with E-state index in [9.17, 15) is 13.6 Å². The molecule has 0 unspecified atom stereocenters. The Morgan fingerprint density at radius 3 is 2.59 bits per heavy atom. The zero-order valence-corrected chi connectivity index (χ0v) is 18.1. The van der Waals surface area contributed by atoms with Gasteiger partial charge in [-0.3, -0.25) is 4.79 Å². The zero-order chi connectivity index (χ0) is 22.5. The number of hydrogen-bond acceptors (Lipinski definition) is 4. The predicted molar refractivity (Wildman–Crippen MR) is 121 cm³/mol. The molecule has 0 saturated heterocycles. The van der Waals surface area contributed by atoms with Crippen molar-refractivity contribution < 1.29 is 18.3 Å². The van der Waals surface area contributed by atoms with Gasteiger partial charge in [0.15, 0.2) is 0 Å². The van der Waals surface area contributed by atoms with Gasteiger partial charge >= 0.3 is 0 Å². The van der Waals surface area contributed by atoms with Gasteiger partial charge in [-0.1, -0.05) is 42.0 Å². The van der Waals surface area contributed by atoms with E-state index >= 15 is 0 Å². The summed E-state index contributed by atoms with van der Waals surface area (Å²) in [5, 5.41) is 4.71. The molecule has 0 bridgehead atoms. The lowest BCUT2D eigenvalue weighted by molar-refractivity contribution is 0.0946. The molecule has 1 amide bonds. The number of rotatable bonds is 7. The molecular formula is C25H20F2N2O2S. The van der Waals surface area contributed by atoms with Crippen LogP contribution in [0.2, 0.25) is 0 Å². The number of nitrogens with zero attached hydrogens (tertiary/aromatic N) is 1. The van der Waals surface area contributed by atoms with E-state index in [1.54, 1.807) is 29.6 Å². The molecule has 0 spiro atoms. The van der Waals surface area contributed by atoms with E-state index in [0.29, 0.717) is 22.9 Å². The number of carbonyl (C=O) groups excluding carboxylic acids is 1. The largest absolute Gasteiger partial charge is 0.489 e. The molecule has 3 aromatic carbocycles. The molecule has 1 heterocycles. The average molecular weight is 451 g/mol. The fraction of sp³-hybridized carbons (Fsp3) is 0.120. The third-order valence-electron chi connectivity index (χ3n) is 4.76. The minimum absolute atomic E-state index is 0.200. The van der Waals surface area contributed by atoms with Gasteiger partial charge in [-0.25, -0.2) is 13.8 Å². The molecule has 1 aromatic heterocycles. The summed E-state index contributed by atoms with van der Waals surface area (Å²) in [6.07, 6.45) is 0. The molecule has 0 fully saturated rings. The summed E-state index contributed by atoms with van der Waals surface area (Å²) in [6.45, 7) is 2.59. The van der Waals surface area contributed by atoms with Gasteiger partial charge in [-0.05, 0) is 42.3 Å². The van der Waals surface area contributed by atoms with E-state index in [1.165, 1.54) is 29.5 Å². The van der Waals surface area contributed by atoms with Gasteiger partial charge in [0.2, 0.25) is 0 Å². The van der Waals surface area contributed by atoms with E-state index in [1.807, 2.05) is 31.2 Å². The monoisotopic (exact) mass is 450 g/mol. The quantitative estimate of drug-likeness (QED) is 0.381. The Morgan fingerprint density at radius 2 is 1.84 bits per heavy atom. The average Bonchev–Trinajstić information content (AvgIpc) is 3.27. The van der Waals surface area contributed by atoms with Crippen molar-refractivity contribution in [1.82, 2.24) is 10.3 Å². The standard InChI is InChI=1S/C25H20F2N2O2S/c1-16-3-2-4-18(11-16)14-31-20-9-10-21(22(27)12-20)25-29-23(15-32-25)24(30)28-13-17-5-7-19(26)8-6-17/h2-12,15H,13-14H2,1H3,(H,28,30). The van der Waals surface area contributed by atoms with Crippen LogP contribution in [0.1, 0.15) is 27.2 Å². The number of aromatic nitrogens is 1. The molecule has 1 N–H and O–H groups in total. The summed E-state index contributed by atoms with van der Waals surface area (Å²) < 4.78 is 33.4. The first-order chi connectivity index (χ1) is 15.5. The van der Waals surface area contributed by atoms with Crippen molar-refractivity contribution in [3.05, 3.63) is 106 Å². The molecule has 4 rings (SSSR count). The number of ether oxygens (including phenoxy) is 1. The summed E-state index contributed by atoms with van der Waals surface area (Å²) in [6, 6.07) is 18.4. The lowest BCUT2D eigenvalue weighted by Gasteiger charge is -2.08. The zero-order valence-electron chi connectivity index (χ0n) is 17.3. The van der Waals surface area contributed by atoms with Gasteiger partial charge < -0.3 is 10.1 Å². The van der Waals surface area contributed by atoms with Crippen LogP contribution < -0.4 is 10.1 Å². The first-order valence-electron chi connectivity index (χ1n) is 9.94. The highest BCUT2D eigenvalue weighted by Crippen LogP contribution is 2.29. The first-order valence-corrected chi connectivity index (χ1v) is 10.8. The van der Waals surface area contributed by atoms with Gasteiger partial charge in [0.05, 0.1) is 0 Å². The number of thiazole rings is 1. The number of benzene rings is 3. The summed E-state index contributed by atoms with van der Waals surface area (Å²) in [5.74, 6) is -0.769. The van der Waals surface area contributed by atoms with Crippen molar-refractivity contribution in [3.8, 4) is 16.3 Å².